The molecule has 0 aliphatic rings. The molecule has 0 saturated carbocycles. The fourth-order valence-corrected chi connectivity index (χ4v) is 2.78. The van der Waals surface area contributed by atoms with Crippen LogP contribution in [0.25, 0.3) is 11.0 Å². The molecule has 2 aromatic rings. The number of rotatable bonds is 6. The van der Waals surface area contributed by atoms with Gasteiger partial charge in [0.25, 0.3) is 0 Å². The van der Waals surface area contributed by atoms with Gasteiger partial charge in [-0.15, -0.1) is 0 Å². The third-order valence-corrected chi connectivity index (χ3v) is 3.83. The van der Waals surface area contributed by atoms with Gasteiger partial charge in [-0.2, -0.15) is 11.8 Å². The van der Waals surface area contributed by atoms with Crippen molar-refractivity contribution in [1.82, 2.24) is 9.55 Å². The average molecular weight is 263 g/mol. The molecule has 1 aromatic carbocycles. The highest BCUT2D eigenvalue weighted by Gasteiger charge is 2.12. The van der Waals surface area contributed by atoms with Crippen LogP contribution in [-0.4, -0.2) is 27.6 Å². The fourth-order valence-electron chi connectivity index (χ4n) is 2.24. The highest BCUT2D eigenvalue weighted by atomic mass is 32.2. The Morgan fingerprint density at radius 1 is 1.39 bits per heavy atom. The first-order valence-corrected chi connectivity index (χ1v) is 7.84. The Labute approximate surface area is 113 Å². The van der Waals surface area contributed by atoms with Gasteiger partial charge in [-0.25, -0.2) is 4.98 Å². The van der Waals surface area contributed by atoms with Gasteiger partial charge in [-0.1, -0.05) is 12.1 Å². The lowest BCUT2D eigenvalue weighted by Crippen LogP contribution is -2.25. The number of nitrogens with zero attached hydrogens (tertiary/aromatic N) is 2. The van der Waals surface area contributed by atoms with Gasteiger partial charge in [0.1, 0.15) is 5.82 Å². The molecule has 1 unspecified atom stereocenters. The summed E-state index contributed by atoms with van der Waals surface area (Å²) in [4.78, 5) is 4.71. The summed E-state index contributed by atoms with van der Waals surface area (Å²) >= 11 is 1.85. The minimum absolute atomic E-state index is 0.208. The maximum absolute atomic E-state index is 6.17. The monoisotopic (exact) mass is 263 g/mol. The zero-order valence-electron chi connectivity index (χ0n) is 11.1. The van der Waals surface area contributed by atoms with Crippen LogP contribution in [0.2, 0.25) is 0 Å². The minimum Gasteiger partial charge on any atom is -0.328 e. The molecule has 0 radical (unpaired) electrons. The molecule has 3 nitrogen and oxygen atoms in total. The Kier molecular flexibility index (Phi) is 4.66. The third kappa shape index (κ3) is 2.87. The summed E-state index contributed by atoms with van der Waals surface area (Å²) in [7, 11) is 0. The molecule has 0 spiro atoms. The third-order valence-electron chi connectivity index (χ3n) is 3.19. The van der Waals surface area contributed by atoms with Gasteiger partial charge < -0.3 is 10.3 Å². The van der Waals surface area contributed by atoms with Gasteiger partial charge in [0.15, 0.2) is 0 Å². The molecule has 0 fully saturated rings. The standard InChI is InChI=1S/C14H21N3S/c1-3-17-13-7-5-4-6-12(13)16-14(17)10-11(15)8-9-18-2/h4-7,11H,3,8-10,15H2,1-2H3. The number of hydrogen-bond acceptors (Lipinski definition) is 3. The lowest BCUT2D eigenvalue weighted by atomic mass is 10.1. The summed E-state index contributed by atoms with van der Waals surface area (Å²) in [6, 6.07) is 8.50. The minimum atomic E-state index is 0.208. The van der Waals surface area contributed by atoms with E-state index in [0.29, 0.717) is 0 Å². The number of thioether (sulfide) groups is 1. The van der Waals surface area contributed by atoms with Crippen molar-refractivity contribution in [2.45, 2.75) is 32.4 Å². The van der Waals surface area contributed by atoms with Crippen molar-refractivity contribution < 1.29 is 0 Å². The molecule has 0 bridgehead atoms. The second-order valence-electron chi connectivity index (χ2n) is 4.51. The van der Waals surface area contributed by atoms with Gasteiger partial charge in [0.2, 0.25) is 0 Å². The molecule has 1 aromatic heterocycles. The predicted molar refractivity (Wildman–Crippen MR) is 80.1 cm³/mol. The first kappa shape index (κ1) is 13.4. The Balaban J connectivity index is 2.21. The Hall–Kier alpha value is -1.00. The summed E-state index contributed by atoms with van der Waals surface area (Å²) < 4.78 is 2.27. The molecule has 98 valence electrons. The van der Waals surface area contributed by atoms with E-state index < -0.39 is 0 Å². The molecule has 0 aliphatic carbocycles. The SMILES string of the molecule is CCn1c(CC(N)CCSC)nc2ccccc21. The number of imidazole rings is 1. The fraction of sp³-hybridized carbons (Fsp3) is 0.500. The lowest BCUT2D eigenvalue weighted by molar-refractivity contribution is 0.600. The summed E-state index contributed by atoms with van der Waals surface area (Å²) in [6.07, 6.45) is 4.03. The van der Waals surface area contributed by atoms with Crippen LogP contribution >= 0.6 is 11.8 Å². The van der Waals surface area contributed by atoms with Crippen molar-refractivity contribution in [1.29, 1.82) is 0 Å². The largest absolute Gasteiger partial charge is 0.328 e. The van der Waals surface area contributed by atoms with Gasteiger partial charge in [0.05, 0.1) is 11.0 Å². The van der Waals surface area contributed by atoms with Crippen molar-refractivity contribution >= 4 is 22.8 Å². The average Bonchev–Trinajstić information content (AvgIpc) is 2.73. The van der Waals surface area contributed by atoms with Gasteiger partial charge in [0, 0.05) is 19.0 Å². The highest BCUT2D eigenvalue weighted by molar-refractivity contribution is 7.98. The molecule has 1 atom stereocenters. The van der Waals surface area contributed by atoms with E-state index in [1.54, 1.807) is 0 Å². The van der Waals surface area contributed by atoms with Gasteiger partial charge in [-0.05, 0) is 37.5 Å². The highest BCUT2D eigenvalue weighted by Crippen LogP contribution is 2.17. The summed E-state index contributed by atoms with van der Waals surface area (Å²) in [6.45, 7) is 3.11. The quantitative estimate of drug-likeness (QED) is 0.871. The number of hydrogen-bond donors (Lipinski definition) is 1. The number of aromatic nitrogens is 2. The molecule has 18 heavy (non-hydrogen) atoms. The molecule has 2 N–H and O–H groups in total. The van der Waals surface area contributed by atoms with Crippen LogP contribution in [0.3, 0.4) is 0 Å². The zero-order valence-corrected chi connectivity index (χ0v) is 11.9. The van der Waals surface area contributed by atoms with Crippen LogP contribution in [0.15, 0.2) is 24.3 Å². The first-order valence-electron chi connectivity index (χ1n) is 6.45. The second-order valence-corrected chi connectivity index (χ2v) is 5.49. The Morgan fingerprint density at radius 3 is 2.89 bits per heavy atom. The van der Waals surface area contributed by atoms with Gasteiger partial charge >= 0.3 is 0 Å². The van der Waals surface area contributed by atoms with Crippen LogP contribution in [0.5, 0.6) is 0 Å². The van der Waals surface area contributed by atoms with Crippen LogP contribution in [0.4, 0.5) is 0 Å². The first-order chi connectivity index (χ1) is 8.76. The molecule has 0 aliphatic heterocycles. The molecular weight excluding hydrogens is 242 g/mol. The second kappa shape index (κ2) is 6.25. The predicted octanol–water partition coefficient (Wildman–Crippen LogP) is 2.68. The van der Waals surface area contributed by atoms with Crippen LogP contribution in [0, 0.1) is 0 Å². The summed E-state index contributed by atoms with van der Waals surface area (Å²) in [5, 5.41) is 0. The van der Waals surface area contributed by atoms with Crippen molar-refractivity contribution in [3.8, 4) is 0 Å². The van der Waals surface area contributed by atoms with E-state index in [4.69, 9.17) is 10.7 Å². The van der Waals surface area contributed by atoms with Crippen molar-refractivity contribution in [3.05, 3.63) is 30.1 Å². The molecule has 2 rings (SSSR count). The van der Waals surface area contributed by atoms with Crippen molar-refractivity contribution in [2.75, 3.05) is 12.0 Å². The normalized spacial score (nSPS) is 13.1. The van der Waals surface area contributed by atoms with E-state index in [2.05, 4.69) is 35.9 Å². The summed E-state index contributed by atoms with van der Waals surface area (Å²) in [5.74, 6) is 2.24. The number of nitrogens with two attached hydrogens (primary N) is 1. The Morgan fingerprint density at radius 2 is 2.17 bits per heavy atom. The van der Waals surface area contributed by atoms with E-state index in [-0.39, 0.29) is 6.04 Å². The van der Waals surface area contributed by atoms with E-state index in [1.165, 1.54) is 5.52 Å². The van der Waals surface area contributed by atoms with E-state index in [0.717, 1.165) is 36.5 Å². The molecule has 1 heterocycles. The van der Waals surface area contributed by atoms with Gasteiger partial charge in [-0.3, -0.25) is 0 Å². The number of benzene rings is 1. The van der Waals surface area contributed by atoms with Crippen LogP contribution in [0.1, 0.15) is 19.2 Å². The van der Waals surface area contributed by atoms with Crippen molar-refractivity contribution in [3.63, 3.8) is 0 Å². The smallest absolute Gasteiger partial charge is 0.111 e. The molecule has 0 amide bonds. The van der Waals surface area contributed by atoms with E-state index in [1.807, 2.05) is 17.8 Å². The van der Waals surface area contributed by atoms with E-state index in [9.17, 15) is 0 Å². The molecule has 4 heteroatoms. The topological polar surface area (TPSA) is 43.8 Å². The number of aryl methyl sites for hydroxylation is 1. The maximum atomic E-state index is 6.17. The Bertz CT molecular complexity index is 507. The maximum Gasteiger partial charge on any atom is 0.111 e. The molecular formula is C14H21N3S. The van der Waals surface area contributed by atoms with E-state index >= 15 is 0 Å². The van der Waals surface area contributed by atoms with Crippen LogP contribution in [-0.2, 0) is 13.0 Å². The number of fused-ring (bicyclic) bond motifs is 1. The summed E-state index contributed by atoms with van der Waals surface area (Å²) in [5.41, 5.74) is 8.46. The van der Waals surface area contributed by atoms with Crippen molar-refractivity contribution in [2.24, 2.45) is 5.73 Å². The lowest BCUT2D eigenvalue weighted by Gasteiger charge is -2.11. The molecule has 0 saturated heterocycles. The zero-order chi connectivity index (χ0) is 13.0. The van der Waals surface area contributed by atoms with Crippen LogP contribution < -0.4 is 5.73 Å². The number of para-hydroxylation sites is 2.